The number of aryl methyl sites for hydroxylation is 1. The maximum atomic E-state index is 12.3. The third kappa shape index (κ3) is 4.93. The number of allylic oxidation sites excluding steroid dienone is 1. The molecule has 0 saturated carbocycles. The predicted molar refractivity (Wildman–Crippen MR) is 109 cm³/mol. The van der Waals surface area contributed by atoms with Crippen LogP contribution in [0.1, 0.15) is 27.0 Å². The molecule has 0 fully saturated rings. The molecule has 0 aliphatic heterocycles. The van der Waals surface area contributed by atoms with Crippen molar-refractivity contribution in [2.75, 3.05) is 0 Å². The lowest BCUT2D eigenvalue weighted by atomic mass is 10.1. The molecule has 0 aliphatic rings. The summed E-state index contributed by atoms with van der Waals surface area (Å²) >= 11 is 3.43. The van der Waals surface area contributed by atoms with Crippen molar-refractivity contribution in [3.63, 3.8) is 0 Å². The van der Waals surface area contributed by atoms with E-state index in [0.717, 1.165) is 26.9 Å². The molecule has 0 aromatic heterocycles. The molecule has 3 rings (SSSR count). The smallest absolute Gasteiger partial charge is 0.185 e. The van der Waals surface area contributed by atoms with E-state index < -0.39 is 0 Å². The number of carbonyl (C=O) groups excluding carboxylic acids is 1. The number of para-hydroxylation sites is 1. The minimum Gasteiger partial charge on any atom is -0.488 e. The minimum atomic E-state index is -0.0206. The zero-order valence-electron chi connectivity index (χ0n) is 14.5. The monoisotopic (exact) mass is 406 g/mol. The fourth-order valence-electron chi connectivity index (χ4n) is 2.47. The van der Waals surface area contributed by atoms with Crippen LogP contribution in [0, 0.1) is 6.92 Å². The summed E-state index contributed by atoms with van der Waals surface area (Å²) in [6, 6.07) is 23.3. The average Bonchev–Trinajstić information content (AvgIpc) is 2.67. The Bertz CT molecular complexity index is 910. The van der Waals surface area contributed by atoms with Gasteiger partial charge in [0, 0.05) is 15.6 Å². The van der Waals surface area contributed by atoms with Gasteiger partial charge in [0.1, 0.15) is 12.4 Å². The lowest BCUT2D eigenvalue weighted by Gasteiger charge is -2.09. The highest BCUT2D eigenvalue weighted by Crippen LogP contribution is 2.21. The van der Waals surface area contributed by atoms with E-state index in [4.69, 9.17) is 4.74 Å². The molecule has 0 saturated heterocycles. The number of hydrogen-bond acceptors (Lipinski definition) is 2. The second-order valence-corrected chi connectivity index (χ2v) is 6.93. The number of ether oxygens (including phenoxy) is 1. The number of benzene rings is 3. The van der Waals surface area contributed by atoms with Crippen molar-refractivity contribution < 1.29 is 9.53 Å². The Kier molecular flexibility index (Phi) is 6.03. The van der Waals surface area contributed by atoms with Gasteiger partial charge in [-0.15, -0.1) is 0 Å². The van der Waals surface area contributed by atoms with E-state index in [9.17, 15) is 4.79 Å². The normalized spacial score (nSPS) is 10.8. The van der Waals surface area contributed by atoms with Gasteiger partial charge in [0.25, 0.3) is 0 Å². The highest BCUT2D eigenvalue weighted by molar-refractivity contribution is 9.10. The lowest BCUT2D eigenvalue weighted by molar-refractivity contribution is 0.104. The predicted octanol–water partition coefficient (Wildman–Crippen LogP) is 6.23. The molecule has 0 amide bonds. The van der Waals surface area contributed by atoms with E-state index in [2.05, 4.69) is 15.9 Å². The largest absolute Gasteiger partial charge is 0.488 e. The first-order valence-electron chi connectivity index (χ1n) is 8.37. The Morgan fingerprint density at radius 2 is 1.65 bits per heavy atom. The molecule has 0 radical (unpaired) electrons. The molecule has 0 aliphatic carbocycles. The van der Waals surface area contributed by atoms with E-state index >= 15 is 0 Å². The van der Waals surface area contributed by atoms with Crippen LogP contribution in [0.3, 0.4) is 0 Å². The van der Waals surface area contributed by atoms with Crippen molar-refractivity contribution in [3.8, 4) is 5.75 Å². The van der Waals surface area contributed by atoms with Crippen molar-refractivity contribution in [1.29, 1.82) is 0 Å². The summed E-state index contributed by atoms with van der Waals surface area (Å²) in [6.07, 6.45) is 3.39. The van der Waals surface area contributed by atoms with E-state index in [-0.39, 0.29) is 5.78 Å². The SMILES string of the molecule is Cc1ccc(C(=O)/C=C/c2ccccc2OCc2ccc(Br)cc2)cc1. The molecule has 0 heterocycles. The number of carbonyl (C=O) groups is 1. The van der Waals surface area contributed by atoms with Gasteiger partial charge in [0.15, 0.2) is 5.78 Å². The third-order valence-electron chi connectivity index (χ3n) is 3.98. The standard InChI is InChI=1S/C23H19BrO2/c1-17-6-10-19(11-7-17)22(25)15-12-20-4-2-3-5-23(20)26-16-18-8-13-21(24)14-9-18/h2-15H,16H2,1H3/b15-12+. The van der Waals surface area contributed by atoms with Crippen LogP contribution in [0.5, 0.6) is 5.75 Å². The van der Waals surface area contributed by atoms with Gasteiger partial charge in [-0.25, -0.2) is 0 Å². The van der Waals surface area contributed by atoms with E-state index in [1.54, 1.807) is 12.2 Å². The molecule has 2 nitrogen and oxygen atoms in total. The average molecular weight is 407 g/mol. The molecular weight excluding hydrogens is 388 g/mol. The summed E-state index contributed by atoms with van der Waals surface area (Å²) < 4.78 is 6.98. The Balaban J connectivity index is 1.71. The maximum absolute atomic E-state index is 12.3. The fourth-order valence-corrected chi connectivity index (χ4v) is 2.74. The summed E-state index contributed by atoms with van der Waals surface area (Å²) in [7, 11) is 0. The van der Waals surface area contributed by atoms with Crippen molar-refractivity contribution in [2.45, 2.75) is 13.5 Å². The van der Waals surface area contributed by atoms with Crippen LogP contribution in [0.2, 0.25) is 0 Å². The van der Waals surface area contributed by atoms with Gasteiger partial charge in [-0.3, -0.25) is 4.79 Å². The molecule has 0 unspecified atom stereocenters. The molecule has 3 aromatic carbocycles. The summed E-state index contributed by atoms with van der Waals surface area (Å²) in [5, 5.41) is 0. The Hall–Kier alpha value is -2.65. The van der Waals surface area contributed by atoms with E-state index in [1.165, 1.54) is 0 Å². The van der Waals surface area contributed by atoms with Crippen LogP contribution in [0.25, 0.3) is 6.08 Å². The van der Waals surface area contributed by atoms with Gasteiger partial charge in [-0.1, -0.05) is 76.1 Å². The zero-order valence-corrected chi connectivity index (χ0v) is 16.1. The first-order chi connectivity index (χ1) is 12.6. The number of ketones is 1. The van der Waals surface area contributed by atoms with Crippen molar-refractivity contribution in [2.24, 2.45) is 0 Å². The first kappa shape index (κ1) is 18.2. The molecular formula is C23H19BrO2. The summed E-state index contributed by atoms with van der Waals surface area (Å²) in [6.45, 7) is 2.48. The second kappa shape index (κ2) is 8.63. The number of halogens is 1. The topological polar surface area (TPSA) is 26.3 Å². The van der Waals surface area contributed by atoms with Crippen LogP contribution < -0.4 is 4.74 Å². The van der Waals surface area contributed by atoms with Gasteiger partial charge < -0.3 is 4.74 Å². The van der Waals surface area contributed by atoms with Crippen LogP contribution in [0.4, 0.5) is 0 Å². The Labute approximate surface area is 162 Å². The summed E-state index contributed by atoms with van der Waals surface area (Å²) in [5.41, 5.74) is 3.78. The van der Waals surface area contributed by atoms with Gasteiger partial charge in [0.2, 0.25) is 0 Å². The Morgan fingerprint density at radius 3 is 2.38 bits per heavy atom. The molecule has 3 heteroatoms. The van der Waals surface area contributed by atoms with E-state index in [1.807, 2.05) is 79.7 Å². The fraction of sp³-hybridized carbons (Fsp3) is 0.0870. The molecule has 3 aromatic rings. The first-order valence-corrected chi connectivity index (χ1v) is 9.16. The molecule has 0 N–H and O–H groups in total. The molecule has 0 bridgehead atoms. The molecule has 0 atom stereocenters. The van der Waals surface area contributed by atoms with Crippen LogP contribution in [-0.2, 0) is 6.61 Å². The molecule has 0 spiro atoms. The number of rotatable bonds is 6. The highest BCUT2D eigenvalue weighted by Gasteiger charge is 2.04. The quantitative estimate of drug-likeness (QED) is 0.358. The van der Waals surface area contributed by atoms with Crippen LogP contribution in [-0.4, -0.2) is 5.78 Å². The van der Waals surface area contributed by atoms with Crippen LogP contribution in [0.15, 0.2) is 83.3 Å². The van der Waals surface area contributed by atoms with Crippen LogP contribution >= 0.6 is 15.9 Å². The van der Waals surface area contributed by atoms with Crippen molar-refractivity contribution in [3.05, 3.63) is 106 Å². The van der Waals surface area contributed by atoms with Gasteiger partial charge in [-0.2, -0.15) is 0 Å². The highest BCUT2D eigenvalue weighted by atomic mass is 79.9. The van der Waals surface area contributed by atoms with Gasteiger partial charge in [-0.05, 0) is 42.8 Å². The Morgan fingerprint density at radius 1 is 0.962 bits per heavy atom. The lowest BCUT2D eigenvalue weighted by Crippen LogP contribution is -1.97. The summed E-state index contributed by atoms with van der Waals surface area (Å²) in [4.78, 5) is 12.3. The third-order valence-corrected chi connectivity index (χ3v) is 4.51. The minimum absolute atomic E-state index is 0.0206. The zero-order chi connectivity index (χ0) is 18.4. The van der Waals surface area contributed by atoms with E-state index in [0.29, 0.717) is 12.2 Å². The van der Waals surface area contributed by atoms with Crippen molar-refractivity contribution in [1.82, 2.24) is 0 Å². The van der Waals surface area contributed by atoms with Crippen molar-refractivity contribution >= 4 is 27.8 Å². The molecule has 130 valence electrons. The van der Waals surface area contributed by atoms with Gasteiger partial charge in [0.05, 0.1) is 0 Å². The second-order valence-electron chi connectivity index (χ2n) is 6.02. The van der Waals surface area contributed by atoms with Gasteiger partial charge >= 0.3 is 0 Å². The molecule has 26 heavy (non-hydrogen) atoms. The summed E-state index contributed by atoms with van der Waals surface area (Å²) in [5.74, 6) is 0.732. The number of hydrogen-bond donors (Lipinski definition) is 0. The maximum Gasteiger partial charge on any atom is 0.185 e.